The molecule has 0 heterocycles. The molecule has 0 saturated carbocycles. The number of carbonyl (C=O) groups excluding carboxylic acids is 1. The summed E-state index contributed by atoms with van der Waals surface area (Å²) in [5.41, 5.74) is 3.28. The van der Waals surface area contributed by atoms with E-state index < -0.39 is 0 Å². The molecule has 0 N–H and O–H groups in total. The molecule has 1 atom stereocenters. The van der Waals surface area contributed by atoms with Gasteiger partial charge < -0.3 is 4.90 Å². The zero-order valence-corrected chi connectivity index (χ0v) is 15.9. The number of para-hydroxylation sites is 1. The molecule has 0 saturated heterocycles. The van der Waals surface area contributed by atoms with Crippen molar-refractivity contribution in [1.29, 1.82) is 0 Å². The first kappa shape index (κ1) is 18.3. The van der Waals surface area contributed by atoms with Crippen LogP contribution < -0.4 is 4.90 Å². The Morgan fingerprint density at radius 1 is 0.885 bits per heavy atom. The van der Waals surface area contributed by atoms with E-state index in [0.29, 0.717) is 6.54 Å². The van der Waals surface area contributed by atoms with Gasteiger partial charge in [-0.05, 0) is 43.7 Å². The fourth-order valence-corrected chi connectivity index (χ4v) is 3.69. The van der Waals surface area contributed by atoms with E-state index in [4.69, 9.17) is 0 Å². The highest BCUT2D eigenvalue weighted by Crippen LogP contribution is 2.27. The van der Waals surface area contributed by atoms with E-state index in [0.717, 1.165) is 16.1 Å². The summed E-state index contributed by atoms with van der Waals surface area (Å²) < 4.78 is 0. The molecular weight excluding hydrogens is 338 g/mol. The summed E-state index contributed by atoms with van der Waals surface area (Å²) in [6.07, 6.45) is 0. The number of hydrogen-bond donors (Lipinski definition) is 0. The quantitative estimate of drug-likeness (QED) is 0.524. The molecule has 3 aromatic carbocycles. The first-order valence-electron chi connectivity index (χ1n) is 8.77. The van der Waals surface area contributed by atoms with Crippen molar-refractivity contribution in [3.8, 4) is 0 Å². The van der Waals surface area contributed by atoms with Gasteiger partial charge in [0, 0.05) is 10.6 Å². The summed E-state index contributed by atoms with van der Waals surface area (Å²) in [5, 5.41) is -0.165. The Morgan fingerprint density at radius 3 is 2.08 bits per heavy atom. The Bertz CT molecular complexity index is 831. The average molecular weight is 362 g/mol. The van der Waals surface area contributed by atoms with Gasteiger partial charge in [-0.1, -0.05) is 66.2 Å². The monoisotopic (exact) mass is 361 g/mol. The molecule has 0 radical (unpaired) electrons. The second-order valence-corrected chi connectivity index (χ2v) is 7.73. The molecule has 0 spiro atoms. The fourth-order valence-electron chi connectivity index (χ4n) is 2.76. The van der Waals surface area contributed by atoms with Crippen LogP contribution in [0.2, 0.25) is 0 Å². The molecule has 1 amide bonds. The average Bonchev–Trinajstić information content (AvgIpc) is 2.69. The number of amides is 1. The van der Waals surface area contributed by atoms with Crippen molar-refractivity contribution in [2.75, 3.05) is 4.90 Å². The highest BCUT2D eigenvalue weighted by Gasteiger charge is 2.23. The van der Waals surface area contributed by atoms with Crippen molar-refractivity contribution in [2.45, 2.75) is 30.5 Å². The molecule has 0 fully saturated rings. The topological polar surface area (TPSA) is 20.3 Å². The molecule has 0 aliphatic carbocycles. The Morgan fingerprint density at radius 2 is 1.46 bits per heavy atom. The van der Waals surface area contributed by atoms with Gasteiger partial charge in [0.15, 0.2) is 0 Å². The molecule has 26 heavy (non-hydrogen) atoms. The maximum atomic E-state index is 13.2. The molecule has 2 nitrogen and oxygen atoms in total. The number of nitrogens with zero attached hydrogens (tertiary/aromatic N) is 1. The van der Waals surface area contributed by atoms with Crippen molar-refractivity contribution in [3.05, 3.63) is 96.1 Å². The van der Waals surface area contributed by atoms with Crippen LogP contribution in [0.4, 0.5) is 5.69 Å². The summed E-state index contributed by atoms with van der Waals surface area (Å²) in [5.74, 6) is 0.116. The van der Waals surface area contributed by atoms with Crippen LogP contribution in [0.15, 0.2) is 89.8 Å². The fraction of sp³-hybridized carbons (Fsp3) is 0.174. The van der Waals surface area contributed by atoms with Gasteiger partial charge in [0.2, 0.25) is 5.91 Å². The third-order valence-corrected chi connectivity index (χ3v) is 5.30. The Labute approximate surface area is 159 Å². The highest BCUT2D eigenvalue weighted by molar-refractivity contribution is 8.00. The molecule has 0 aliphatic heterocycles. The lowest BCUT2D eigenvalue weighted by molar-refractivity contribution is -0.118. The number of hydrogen-bond acceptors (Lipinski definition) is 2. The zero-order valence-electron chi connectivity index (χ0n) is 15.1. The number of carbonyl (C=O) groups is 1. The SMILES string of the molecule is Cc1ccc(S[C@H](C)C(=O)N(Cc2ccccc2)c2ccccc2)cc1. The molecule has 3 rings (SSSR count). The second kappa shape index (κ2) is 8.72. The molecule has 0 aliphatic rings. The Kier molecular flexibility index (Phi) is 6.13. The minimum absolute atomic E-state index is 0.116. The minimum Gasteiger partial charge on any atom is -0.307 e. The molecular formula is C23H23NOS. The van der Waals surface area contributed by atoms with Crippen molar-refractivity contribution >= 4 is 23.4 Å². The summed E-state index contributed by atoms with van der Waals surface area (Å²) >= 11 is 1.60. The van der Waals surface area contributed by atoms with Crippen LogP contribution in [0.25, 0.3) is 0 Å². The summed E-state index contributed by atoms with van der Waals surface area (Å²) in [6.45, 7) is 4.62. The Hall–Kier alpha value is -2.52. The number of anilines is 1. The van der Waals surface area contributed by atoms with E-state index >= 15 is 0 Å². The largest absolute Gasteiger partial charge is 0.307 e. The molecule has 0 unspecified atom stereocenters. The summed E-state index contributed by atoms with van der Waals surface area (Å²) in [4.78, 5) is 16.2. The minimum atomic E-state index is -0.165. The van der Waals surface area contributed by atoms with Crippen molar-refractivity contribution in [3.63, 3.8) is 0 Å². The van der Waals surface area contributed by atoms with Crippen molar-refractivity contribution < 1.29 is 4.79 Å². The van der Waals surface area contributed by atoms with E-state index in [1.807, 2.05) is 60.4 Å². The zero-order chi connectivity index (χ0) is 18.4. The third-order valence-electron chi connectivity index (χ3n) is 4.20. The third kappa shape index (κ3) is 4.77. The van der Waals surface area contributed by atoms with E-state index in [-0.39, 0.29) is 11.2 Å². The van der Waals surface area contributed by atoms with Gasteiger partial charge in [-0.15, -0.1) is 11.8 Å². The normalized spacial score (nSPS) is 11.8. The smallest absolute Gasteiger partial charge is 0.240 e. The molecule has 0 bridgehead atoms. The van der Waals surface area contributed by atoms with Crippen molar-refractivity contribution in [1.82, 2.24) is 0 Å². The molecule has 132 valence electrons. The first-order valence-corrected chi connectivity index (χ1v) is 9.65. The highest BCUT2D eigenvalue weighted by atomic mass is 32.2. The Balaban J connectivity index is 1.80. The van der Waals surface area contributed by atoms with Gasteiger partial charge in [-0.3, -0.25) is 4.79 Å². The predicted molar refractivity (Wildman–Crippen MR) is 111 cm³/mol. The van der Waals surface area contributed by atoms with Crippen LogP contribution in [0.1, 0.15) is 18.1 Å². The van der Waals surface area contributed by atoms with E-state index in [1.165, 1.54) is 5.56 Å². The standard InChI is InChI=1S/C23H23NOS/c1-18-13-15-22(16-14-18)26-19(2)23(25)24(21-11-7-4-8-12-21)17-20-9-5-3-6-10-20/h3-16,19H,17H2,1-2H3/t19-/m1/s1. The molecule has 3 aromatic rings. The molecule has 3 heteroatoms. The van der Waals surface area contributed by atoms with E-state index in [2.05, 4.69) is 43.3 Å². The van der Waals surface area contributed by atoms with Crippen LogP contribution in [0.3, 0.4) is 0 Å². The lowest BCUT2D eigenvalue weighted by Gasteiger charge is -2.26. The second-order valence-electron chi connectivity index (χ2n) is 6.32. The maximum absolute atomic E-state index is 13.2. The van der Waals surface area contributed by atoms with Gasteiger partial charge in [-0.25, -0.2) is 0 Å². The van der Waals surface area contributed by atoms with Crippen LogP contribution in [-0.4, -0.2) is 11.2 Å². The van der Waals surface area contributed by atoms with Gasteiger partial charge in [0.05, 0.1) is 11.8 Å². The van der Waals surface area contributed by atoms with Gasteiger partial charge in [-0.2, -0.15) is 0 Å². The van der Waals surface area contributed by atoms with Gasteiger partial charge in [0.1, 0.15) is 0 Å². The van der Waals surface area contributed by atoms with E-state index in [1.54, 1.807) is 11.8 Å². The number of rotatable bonds is 6. The van der Waals surface area contributed by atoms with Crippen molar-refractivity contribution in [2.24, 2.45) is 0 Å². The van der Waals surface area contributed by atoms with Crippen LogP contribution in [-0.2, 0) is 11.3 Å². The predicted octanol–water partition coefficient (Wildman–Crippen LogP) is 5.71. The van der Waals surface area contributed by atoms with E-state index in [9.17, 15) is 4.79 Å². The lowest BCUT2D eigenvalue weighted by Crippen LogP contribution is -2.36. The molecule has 0 aromatic heterocycles. The number of benzene rings is 3. The summed E-state index contributed by atoms with van der Waals surface area (Å²) in [6, 6.07) is 28.3. The van der Waals surface area contributed by atoms with Crippen LogP contribution >= 0.6 is 11.8 Å². The van der Waals surface area contributed by atoms with Gasteiger partial charge in [0.25, 0.3) is 0 Å². The van der Waals surface area contributed by atoms with Crippen LogP contribution in [0.5, 0.6) is 0 Å². The number of aryl methyl sites for hydroxylation is 1. The van der Waals surface area contributed by atoms with Gasteiger partial charge >= 0.3 is 0 Å². The maximum Gasteiger partial charge on any atom is 0.240 e. The lowest BCUT2D eigenvalue weighted by atomic mass is 10.2. The first-order chi connectivity index (χ1) is 12.6. The van der Waals surface area contributed by atoms with Crippen LogP contribution in [0, 0.1) is 6.92 Å². The summed E-state index contributed by atoms with van der Waals surface area (Å²) in [7, 11) is 0. The number of thioether (sulfide) groups is 1.